The quantitative estimate of drug-likeness (QED) is 0.507. The fourth-order valence-corrected chi connectivity index (χ4v) is 4.30. The lowest BCUT2D eigenvalue weighted by molar-refractivity contribution is 0.0939. The minimum Gasteiger partial charge on any atom is -0.357 e. The van der Waals surface area contributed by atoms with E-state index in [1.54, 1.807) is 32.0 Å². The summed E-state index contributed by atoms with van der Waals surface area (Å²) in [6.45, 7) is 9.21. The molecule has 0 spiro atoms. The summed E-state index contributed by atoms with van der Waals surface area (Å²) in [4.78, 5) is 19.7. The van der Waals surface area contributed by atoms with Crippen LogP contribution in [0.4, 0.5) is 15.9 Å². The van der Waals surface area contributed by atoms with Gasteiger partial charge in [0.2, 0.25) is 10.0 Å². The van der Waals surface area contributed by atoms with Crippen LogP contribution in [0.3, 0.4) is 0 Å². The van der Waals surface area contributed by atoms with E-state index in [1.807, 2.05) is 12.1 Å². The van der Waals surface area contributed by atoms with Gasteiger partial charge in [0.25, 0.3) is 5.91 Å². The molecule has 3 rings (SSSR count). The number of hydrogen-bond acceptors (Lipinski definition) is 5. The van der Waals surface area contributed by atoms with E-state index in [2.05, 4.69) is 33.8 Å². The highest BCUT2D eigenvalue weighted by atomic mass is 32.2. The minimum absolute atomic E-state index is 0.170. The summed E-state index contributed by atoms with van der Waals surface area (Å²) in [6, 6.07) is 11.2. The maximum absolute atomic E-state index is 14.7. The molecule has 2 N–H and O–H groups in total. The summed E-state index contributed by atoms with van der Waals surface area (Å²) in [7, 11) is -3.53. The predicted molar refractivity (Wildman–Crippen MR) is 131 cm³/mol. The van der Waals surface area contributed by atoms with Crippen LogP contribution in [-0.2, 0) is 10.0 Å². The number of carbonyl (C=O) groups is 1. The highest BCUT2D eigenvalue weighted by Gasteiger charge is 2.18. The average Bonchev–Trinajstić information content (AvgIpc) is 2.75. The third kappa shape index (κ3) is 5.78. The van der Waals surface area contributed by atoms with Crippen LogP contribution in [0.1, 0.15) is 48.3 Å². The Morgan fingerprint density at radius 2 is 1.82 bits per heavy atom. The van der Waals surface area contributed by atoms with Gasteiger partial charge < -0.3 is 10.2 Å². The number of amides is 1. The second-order valence-electron chi connectivity index (χ2n) is 8.01. The molecule has 0 saturated heterocycles. The van der Waals surface area contributed by atoms with E-state index in [-0.39, 0.29) is 17.2 Å². The molecule has 176 valence electrons. The molecular weight excluding hydrogens is 443 g/mol. The number of anilines is 2. The Balaban J connectivity index is 1.80. The van der Waals surface area contributed by atoms with Crippen LogP contribution < -0.4 is 14.9 Å². The second-order valence-corrected chi connectivity index (χ2v) is 9.76. The lowest BCUT2D eigenvalue weighted by Crippen LogP contribution is -2.27. The van der Waals surface area contributed by atoms with Gasteiger partial charge in [-0.2, -0.15) is 0 Å². The number of hydrogen-bond donors (Lipinski definition) is 2. The van der Waals surface area contributed by atoms with E-state index in [1.165, 1.54) is 6.07 Å². The van der Waals surface area contributed by atoms with Gasteiger partial charge in [0, 0.05) is 29.6 Å². The van der Waals surface area contributed by atoms with Gasteiger partial charge in [0.05, 0.1) is 23.5 Å². The summed E-state index contributed by atoms with van der Waals surface area (Å²) in [5, 5.41) is 3.65. The molecule has 1 aromatic heterocycles. The summed E-state index contributed by atoms with van der Waals surface area (Å²) in [5.41, 5.74) is 2.23. The number of nitrogens with one attached hydrogen (secondary N) is 2. The molecule has 0 aliphatic rings. The van der Waals surface area contributed by atoms with Crippen molar-refractivity contribution in [2.24, 2.45) is 0 Å². The van der Waals surface area contributed by atoms with Crippen LogP contribution in [-0.4, -0.2) is 38.7 Å². The predicted octanol–water partition coefficient (Wildman–Crippen LogP) is 4.39. The highest BCUT2D eigenvalue weighted by molar-refractivity contribution is 7.92. The molecule has 0 aliphatic carbocycles. The maximum Gasteiger partial charge on any atom is 0.251 e. The molecule has 1 heterocycles. The topological polar surface area (TPSA) is 91.4 Å². The molecule has 1 amide bonds. The van der Waals surface area contributed by atoms with Gasteiger partial charge in [0.15, 0.2) is 0 Å². The first-order valence-electron chi connectivity index (χ1n) is 10.8. The van der Waals surface area contributed by atoms with Crippen molar-refractivity contribution in [2.45, 2.75) is 33.7 Å². The highest BCUT2D eigenvalue weighted by Crippen LogP contribution is 2.26. The summed E-state index contributed by atoms with van der Waals surface area (Å²) in [5.74, 6) is -0.0585. The molecule has 9 heteroatoms. The molecule has 0 saturated carbocycles. The maximum atomic E-state index is 14.7. The number of benzene rings is 2. The Bertz CT molecular complexity index is 1290. The normalized spacial score (nSPS) is 12.4. The summed E-state index contributed by atoms with van der Waals surface area (Å²) >= 11 is 0. The number of nitrogens with zero attached hydrogens (tertiary/aromatic N) is 2. The molecule has 2 aromatic carbocycles. The lowest BCUT2D eigenvalue weighted by atomic mass is 10.0. The molecule has 1 atom stereocenters. The molecule has 0 fully saturated rings. The fraction of sp³-hybridized carbons (Fsp3) is 0.333. The van der Waals surface area contributed by atoms with Crippen LogP contribution in [0, 0.1) is 12.7 Å². The van der Waals surface area contributed by atoms with Gasteiger partial charge in [0.1, 0.15) is 11.6 Å². The van der Waals surface area contributed by atoms with Gasteiger partial charge in [-0.25, -0.2) is 17.8 Å². The Hall–Kier alpha value is -3.20. The zero-order chi connectivity index (χ0) is 24.3. The van der Waals surface area contributed by atoms with E-state index < -0.39 is 21.9 Å². The van der Waals surface area contributed by atoms with Crippen LogP contribution >= 0.6 is 0 Å². The molecule has 0 radical (unpaired) electrons. The Kier molecular flexibility index (Phi) is 7.22. The third-order valence-corrected chi connectivity index (χ3v) is 6.07. The first kappa shape index (κ1) is 24.4. The van der Waals surface area contributed by atoms with Gasteiger partial charge in [-0.15, -0.1) is 0 Å². The number of aromatic nitrogens is 1. The summed E-state index contributed by atoms with van der Waals surface area (Å²) in [6.07, 6.45) is 1.00. The smallest absolute Gasteiger partial charge is 0.251 e. The summed E-state index contributed by atoms with van der Waals surface area (Å²) < 4.78 is 39.9. The second kappa shape index (κ2) is 9.74. The number of pyridine rings is 1. The van der Waals surface area contributed by atoms with Crippen molar-refractivity contribution in [2.75, 3.05) is 29.0 Å². The Labute approximate surface area is 194 Å². The van der Waals surface area contributed by atoms with Gasteiger partial charge >= 0.3 is 0 Å². The Morgan fingerprint density at radius 1 is 1.12 bits per heavy atom. The first-order valence-corrected chi connectivity index (χ1v) is 12.7. The van der Waals surface area contributed by atoms with Crippen molar-refractivity contribution in [3.05, 3.63) is 65.0 Å². The van der Waals surface area contributed by atoms with Gasteiger partial charge in [-0.1, -0.05) is 0 Å². The molecule has 0 aliphatic heterocycles. The largest absolute Gasteiger partial charge is 0.357 e. The number of halogens is 1. The minimum atomic E-state index is -3.53. The standard InChI is InChI=1S/C24H29FN4O3S/c1-6-29(7-2)23-11-9-17-13-18(8-10-21(17)27-23)24(30)26-16(4)19-12-15(3)22(14-20(19)25)28-33(5,31)32/h8-14,16,28H,6-7H2,1-5H3,(H,26,30). The average molecular weight is 473 g/mol. The molecule has 1 unspecified atom stereocenters. The van der Waals surface area contributed by atoms with E-state index in [4.69, 9.17) is 0 Å². The third-order valence-electron chi connectivity index (χ3n) is 5.48. The van der Waals surface area contributed by atoms with Crippen molar-refractivity contribution in [1.82, 2.24) is 10.3 Å². The lowest BCUT2D eigenvalue weighted by Gasteiger charge is -2.20. The van der Waals surface area contributed by atoms with E-state index in [9.17, 15) is 17.6 Å². The zero-order valence-electron chi connectivity index (χ0n) is 19.4. The van der Waals surface area contributed by atoms with Gasteiger partial charge in [-0.3, -0.25) is 9.52 Å². The van der Waals surface area contributed by atoms with Crippen molar-refractivity contribution in [3.63, 3.8) is 0 Å². The Morgan fingerprint density at radius 3 is 2.45 bits per heavy atom. The van der Waals surface area contributed by atoms with Gasteiger partial charge in [-0.05, 0) is 75.7 Å². The fourth-order valence-electron chi connectivity index (χ4n) is 3.68. The number of aryl methyl sites for hydroxylation is 1. The van der Waals surface area contributed by atoms with Crippen molar-refractivity contribution < 1.29 is 17.6 Å². The van der Waals surface area contributed by atoms with E-state index >= 15 is 0 Å². The monoisotopic (exact) mass is 472 g/mol. The molecule has 7 nitrogen and oxygen atoms in total. The van der Waals surface area contributed by atoms with Crippen LogP contribution in [0.5, 0.6) is 0 Å². The number of sulfonamides is 1. The zero-order valence-corrected chi connectivity index (χ0v) is 20.3. The van der Waals surface area contributed by atoms with Crippen LogP contribution in [0.25, 0.3) is 10.9 Å². The van der Waals surface area contributed by atoms with Crippen LogP contribution in [0.15, 0.2) is 42.5 Å². The van der Waals surface area contributed by atoms with E-state index in [0.717, 1.165) is 42.1 Å². The van der Waals surface area contributed by atoms with E-state index in [0.29, 0.717) is 11.1 Å². The number of rotatable bonds is 8. The van der Waals surface area contributed by atoms with Crippen molar-refractivity contribution in [3.8, 4) is 0 Å². The molecular formula is C24H29FN4O3S. The van der Waals surface area contributed by atoms with Crippen molar-refractivity contribution >= 4 is 38.3 Å². The molecule has 3 aromatic rings. The molecule has 0 bridgehead atoms. The van der Waals surface area contributed by atoms with Crippen molar-refractivity contribution in [1.29, 1.82) is 0 Å². The molecule has 33 heavy (non-hydrogen) atoms. The van der Waals surface area contributed by atoms with Crippen LogP contribution in [0.2, 0.25) is 0 Å². The number of carbonyl (C=O) groups excluding carboxylic acids is 1. The first-order chi connectivity index (χ1) is 15.5. The SMILES string of the molecule is CCN(CC)c1ccc2cc(C(=O)NC(C)c3cc(C)c(NS(C)(=O)=O)cc3F)ccc2n1. The number of fused-ring (bicyclic) bond motifs is 1.